The van der Waals surface area contributed by atoms with Crippen LogP contribution in [0, 0.1) is 6.92 Å². The van der Waals surface area contributed by atoms with Gasteiger partial charge >= 0.3 is 5.69 Å². The summed E-state index contributed by atoms with van der Waals surface area (Å²) in [6.07, 6.45) is -2.78. The van der Waals surface area contributed by atoms with Crippen molar-refractivity contribution in [2.45, 2.75) is 49.2 Å². The molecular weight excluding hydrogens is 384 g/mol. The number of H-pyrrole nitrogens is 1. The Hall–Kier alpha value is -1.54. The fourth-order valence-corrected chi connectivity index (χ4v) is 2.47. The molecule has 0 saturated carbocycles. The minimum atomic E-state index is -1.30. The van der Waals surface area contributed by atoms with Gasteiger partial charge in [0.25, 0.3) is 5.56 Å². The van der Waals surface area contributed by atoms with Crippen LogP contribution in [0.5, 0.6) is 0 Å². The van der Waals surface area contributed by atoms with Crippen molar-refractivity contribution in [1.29, 1.82) is 0 Å². The lowest BCUT2D eigenvalue weighted by molar-refractivity contribution is -0.111. The summed E-state index contributed by atoms with van der Waals surface area (Å²) < 4.78 is 6.54. The van der Waals surface area contributed by atoms with Crippen molar-refractivity contribution in [2.75, 3.05) is 13.2 Å². The third kappa shape index (κ3) is 6.24. The average Bonchev–Trinajstić information content (AvgIpc) is 3.03. The number of aryl methyl sites for hydroxylation is 1. The first-order valence-corrected chi connectivity index (χ1v) is 8.54. The van der Waals surface area contributed by atoms with Crippen molar-refractivity contribution in [3.63, 3.8) is 0 Å². The van der Waals surface area contributed by atoms with E-state index in [0.29, 0.717) is 11.8 Å². The van der Waals surface area contributed by atoms with Crippen molar-refractivity contribution in [3.8, 4) is 0 Å². The summed E-state index contributed by atoms with van der Waals surface area (Å²) in [5.41, 5.74) is -0.643. The Bertz CT molecular complexity index is 722. The highest BCUT2D eigenvalue weighted by molar-refractivity contribution is 7.81. The van der Waals surface area contributed by atoms with Crippen LogP contribution in [0.4, 0.5) is 0 Å². The van der Waals surface area contributed by atoms with Crippen LogP contribution >= 0.6 is 12.6 Å². The van der Waals surface area contributed by atoms with Gasteiger partial charge in [-0.1, -0.05) is 0 Å². The van der Waals surface area contributed by atoms with E-state index < -0.39 is 53.7 Å². The lowest BCUT2D eigenvalue weighted by Crippen LogP contribution is -2.37. The molecule has 0 aliphatic carbocycles. The molecule has 6 N–H and O–H groups in total. The first kappa shape index (κ1) is 23.5. The van der Waals surface area contributed by atoms with Gasteiger partial charge in [0, 0.05) is 18.2 Å². The first-order chi connectivity index (χ1) is 12.7. The lowest BCUT2D eigenvalue weighted by Gasteiger charge is -2.16. The fourth-order valence-electron chi connectivity index (χ4n) is 2.27. The maximum Gasteiger partial charge on any atom is 0.330 e. The van der Waals surface area contributed by atoms with Crippen LogP contribution in [-0.2, 0) is 9.53 Å². The summed E-state index contributed by atoms with van der Waals surface area (Å²) in [5.74, 6) is 0. The zero-order valence-electron chi connectivity index (χ0n) is 14.5. The van der Waals surface area contributed by atoms with E-state index in [-0.39, 0.29) is 13.0 Å². The summed E-state index contributed by atoms with van der Waals surface area (Å²) in [5, 5.41) is 43.4. The average molecular weight is 408 g/mol. The second kappa shape index (κ2) is 10.7. The molecule has 3 unspecified atom stereocenters. The SMILES string of the molecule is Cc1cn([C@H]2C[C@H](O)[C@@H](CO)O2)c(=O)[nH]c1=O.O=CC(S)C(O)C(O)CO. The molecule has 154 valence electrons. The predicted octanol–water partition coefficient (Wildman–Crippen LogP) is -3.32. The number of nitrogens with one attached hydrogen (secondary N) is 1. The highest BCUT2D eigenvalue weighted by Crippen LogP contribution is 2.27. The van der Waals surface area contributed by atoms with Crippen LogP contribution in [0.2, 0.25) is 0 Å². The number of carbonyl (C=O) groups excluding carboxylic acids is 1. The molecule has 1 aromatic rings. The quantitative estimate of drug-likeness (QED) is 0.187. The van der Waals surface area contributed by atoms with Gasteiger partial charge in [-0.2, -0.15) is 12.6 Å². The predicted molar refractivity (Wildman–Crippen MR) is 95.6 cm³/mol. The molecular formula is C15H24N2O9S. The number of aliphatic hydroxyl groups excluding tert-OH is 5. The monoisotopic (exact) mass is 408 g/mol. The topological polar surface area (TPSA) is 182 Å². The van der Waals surface area contributed by atoms with Crippen molar-refractivity contribution in [1.82, 2.24) is 9.55 Å². The van der Waals surface area contributed by atoms with Gasteiger partial charge in [-0.25, -0.2) is 4.79 Å². The number of carbonyl (C=O) groups is 1. The zero-order valence-corrected chi connectivity index (χ0v) is 15.4. The molecule has 27 heavy (non-hydrogen) atoms. The van der Waals surface area contributed by atoms with Gasteiger partial charge in [0.1, 0.15) is 30.8 Å². The number of aromatic amines is 1. The number of aldehydes is 1. The Morgan fingerprint density at radius 1 is 1.41 bits per heavy atom. The molecule has 2 heterocycles. The van der Waals surface area contributed by atoms with Crippen molar-refractivity contribution < 1.29 is 35.1 Å². The number of hydrogen-bond acceptors (Lipinski definition) is 10. The number of aliphatic hydroxyl groups is 5. The number of aromatic nitrogens is 2. The third-order valence-corrected chi connectivity index (χ3v) is 4.34. The minimum absolute atomic E-state index is 0.205. The van der Waals surface area contributed by atoms with E-state index in [9.17, 15) is 19.5 Å². The van der Waals surface area contributed by atoms with E-state index in [1.807, 2.05) is 0 Å². The van der Waals surface area contributed by atoms with Gasteiger partial charge in [-0.05, 0) is 6.92 Å². The molecule has 0 radical (unpaired) electrons. The van der Waals surface area contributed by atoms with Gasteiger partial charge in [-0.15, -0.1) is 0 Å². The standard InChI is InChI=1S/C10H14N2O5.C5H10O4S/c1-5-3-12(10(16)11-9(5)15)8-2-6(14)7(4-13)17-8;6-1-3(8)5(9)4(10)2-7/h3,6-8,13-14H,2,4H2,1H3,(H,11,15,16);2-6,8-10H,1H2/t6-,7+,8+;/m0./s1. The number of rotatable bonds is 6. The van der Waals surface area contributed by atoms with Gasteiger partial charge in [0.2, 0.25) is 0 Å². The summed E-state index contributed by atoms with van der Waals surface area (Å²) in [6, 6.07) is 0. The molecule has 1 aliphatic rings. The second-order valence-corrected chi connectivity index (χ2v) is 6.56. The fraction of sp³-hybridized carbons (Fsp3) is 0.667. The van der Waals surface area contributed by atoms with Crippen LogP contribution in [0.3, 0.4) is 0 Å². The number of hydrogen-bond donors (Lipinski definition) is 7. The summed E-state index contributed by atoms with van der Waals surface area (Å²) >= 11 is 3.63. The van der Waals surface area contributed by atoms with E-state index in [4.69, 9.17) is 25.2 Å². The summed E-state index contributed by atoms with van der Waals surface area (Å²) in [7, 11) is 0. The largest absolute Gasteiger partial charge is 0.394 e. The Morgan fingerprint density at radius 2 is 2.04 bits per heavy atom. The Labute approximate surface area is 159 Å². The molecule has 1 aromatic heterocycles. The molecule has 6 atom stereocenters. The smallest absolute Gasteiger partial charge is 0.330 e. The van der Waals surface area contributed by atoms with Crippen molar-refractivity contribution in [2.24, 2.45) is 0 Å². The van der Waals surface area contributed by atoms with E-state index in [2.05, 4.69) is 17.6 Å². The van der Waals surface area contributed by atoms with Gasteiger partial charge < -0.3 is 35.1 Å². The summed E-state index contributed by atoms with van der Waals surface area (Å²) in [6.45, 7) is 0.685. The molecule has 12 heteroatoms. The second-order valence-electron chi connectivity index (χ2n) is 5.96. The number of nitrogens with zero attached hydrogens (tertiary/aromatic N) is 1. The minimum Gasteiger partial charge on any atom is -0.394 e. The first-order valence-electron chi connectivity index (χ1n) is 8.03. The molecule has 1 aliphatic heterocycles. The molecule has 0 spiro atoms. The molecule has 1 fully saturated rings. The normalized spacial score (nSPS) is 25.2. The van der Waals surface area contributed by atoms with Crippen molar-refractivity contribution >= 4 is 18.9 Å². The van der Waals surface area contributed by atoms with Crippen molar-refractivity contribution in [3.05, 3.63) is 32.6 Å². The highest BCUT2D eigenvalue weighted by Gasteiger charge is 2.34. The Balaban J connectivity index is 0.000000314. The Kier molecular flexibility index (Phi) is 9.32. The van der Waals surface area contributed by atoms with E-state index in [1.54, 1.807) is 6.92 Å². The summed E-state index contributed by atoms with van der Waals surface area (Å²) in [4.78, 5) is 34.9. The number of thiol groups is 1. The molecule has 0 amide bonds. The molecule has 1 saturated heterocycles. The number of ether oxygens (including phenoxy) is 1. The van der Waals surface area contributed by atoms with Crippen LogP contribution in [0.1, 0.15) is 18.2 Å². The van der Waals surface area contributed by atoms with Gasteiger partial charge in [-0.3, -0.25) is 14.3 Å². The maximum atomic E-state index is 11.6. The molecule has 11 nitrogen and oxygen atoms in total. The van der Waals surface area contributed by atoms with E-state index in [0.717, 1.165) is 0 Å². The molecule has 2 rings (SSSR count). The lowest BCUT2D eigenvalue weighted by atomic mass is 10.1. The van der Waals surface area contributed by atoms with E-state index in [1.165, 1.54) is 10.8 Å². The van der Waals surface area contributed by atoms with Crippen LogP contribution in [-0.4, -0.2) is 84.2 Å². The molecule has 0 aromatic carbocycles. The maximum absolute atomic E-state index is 11.6. The Morgan fingerprint density at radius 3 is 2.52 bits per heavy atom. The van der Waals surface area contributed by atoms with Crippen LogP contribution < -0.4 is 11.2 Å². The molecule has 0 bridgehead atoms. The van der Waals surface area contributed by atoms with Crippen LogP contribution in [0.15, 0.2) is 15.8 Å². The zero-order chi connectivity index (χ0) is 20.7. The highest BCUT2D eigenvalue weighted by atomic mass is 32.1. The van der Waals surface area contributed by atoms with Gasteiger partial charge in [0.05, 0.1) is 24.6 Å². The third-order valence-electron chi connectivity index (χ3n) is 3.91. The van der Waals surface area contributed by atoms with E-state index >= 15 is 0 Å². The van der Waals surface area contributed by atoms with Gasteiger partial charge in [0.15, 0.2) is 0 Å². The van der Waals surface area contributed by atoms with Crippen LogP contribution in [0.25, 0.3) is 0 Å².